The lowest BCUT2D eigenvalue weighted by molar-refractivity contribution is 0.559. The van der Waals surface area contributed by atoms with Crippen LogP contribution >= 0.6 is 0 Å². The van der Waals surface area contributed by atoms with Crippen LogP contribution in [0.5, 0.6) is 0 Å². The molecule has 0 aliphatic heterocycles. The van der Waals surface area contributed by atoms with Crippen LogP contribution in [0, 0.1) is 0 Å². The van der Waals surface area contributed by atoms with Crippen molar-refractivity contribution in [2.24, 2.45) is 0 Å². The number of hydrogen-bond acceptors (Lipinski definition) is 3. The van der Waals surface area contributed by atoms with Gasteiger partial charge >= 0.3 is 0 Å². The zero-order chi connectivity index (χ0) is 6.62. The van der Waals surface area contributed by atoms with Crippen molar-refractivity contribution in [3.63, 3.8) is 0 Å². The predicted molar refractivity (Wildman–Crippen MR) is 36.9 cm³/mol. The summed E-state index contributed by atoms with van der Waals surface area (Å²) in [5.41, 5.74) is 0. The van der Waals surface area contributed by atoms with Crippen LogP contribution in [0.25, 0.3) is 0 Å². The van der Waals surface area contributed by atoms with Gasteiger partial charge in [-0.3, -0.25) is 0 Å². The Morgan fingerprint density at radius 3 is 2.50 bits per heavy atom. The summed E-state index contributed by atoms with van der Waals surface area (Å²) in [4.78, 5) is 0. The molecule has 0 saturated heterocycles. The smallest absolute Gasteiger partial charge is 0.142 e. The molecule has 0 aromatic carbocycles. The minimum absolute atomic E-state index is 0.152. The lowest BCUT2D eigenvalue weighted by Crippen LogP contribution is -2.17. The summed E-state index contributed by atoms with van der Waals surface area (Å²) in [5, 5.41) is 2.72. The molecule has 0 fully saturated rings. The van der Waals surface area contributed by atoms with Crippen LogP contribution in [0.4, 0.5) is 0 Å². The summed E-state index contributed by atoms with van der Waals surface area (Å²) in [6, 6.07) is 0. The first-order chi connectivity index (χ1) is 3.56. The molecular weight excluding hydrogens is 146 g/mol. The van der Waals surface area contributed by atoms with Gasteiger partial charge in [0.25, 0.3) is 0 Å². The highest BCUT2D eigenvalue weighted by atomic mass is 32.8. The predicted octanol–water partition coefficient (Wildman–Crippen LogP) is -0.575. The average molecular weight is 155 g/mol. The van der Waals surface area contributed by atoms with Gasteiger partial charge in [-0.2, -0.15) is 0 Å². The molecule has 0 radical (unpaired) electrons. The highest BCUT2D eigenvalue weighted by molar-refractivity contribution is 8.29. The van der Waals surface area contributed by atoms with Crippen LogP contribution in [0.3, 0.4) is 0 Å². The lowest BCUT2D eigenvalue weighted by Gasteiger charge is -1.95. The number of rotatable bonds is 3. The Hall–Kier alpha value is 0.290. The third kappa shape index (κ3) is 6.29. The van der Waals surface area contributed by atoms with E-state index < -0.39 is 8.77 Å². The highest BCUT2D eigenvalue weighted by Crippen LogP contribution is 1.78. The van der Waals surface area contributed by atoms with Crippen molar-refractivity contribution in [3.8, 4) is 0 Å². The first kappa shape index (κ1) is 8.29. The minimum atomic E-state index is -2.92. The van der Waals surface area contributed by atoms with E-state index in [1.165, 1.54) is 0 Å². The first-order valence-corrected chi connectivity index (χ1v) is 4.77. The molecule has 0 aliphatic rings. The van der Waals surface area contributed by atoms with E-state index in [-0.39, 0.29) is 5.75 Å². The molecule has 0 bridgehead atoms. The summed E-state index contributed by atoms with van der Waals surface area (Å²) >= 11 is 4.19. The summed E-state index contributed by atoms with van der Waals surface area (Å²) in [6.45, 7) is 0.499. The Labute approximate surface area is 54.0 Å². The largest absolute Gasteiger partial charge is 0.319 e. The quantitative estimate of drug-likeness (QED) is 0.573. The van der Waals surface area contributed by atoms with E-state index >= 15 is 0 Å². The van der Waals surface area contributed by atoms with E-state index in [9.17, 15) is 4.21 Å². The van der Waals surface area contributed by atoms with Crippen LogP contribution in [-0.4, -0.2) is 28.1 Å². The zero-order valence-electron chi connectivity index (χ0n) is 4.59. The Balaban J connectivity index is 3.42. The zero-order valence-corrected chi connectivity index (χ0v) is 6.22. The van der Waals surface area contributed by atoms with Gasteiger partial charge in [-0.1, -0.05) is 0 Å². The molecule has 5 heteroatoms. The molecule has 0 aliphatic carbocycles. The molecule has 0 amide bonds. The molecule has 8 heavy (non-hydrogen) atoms. The van der Waals surface area contributed by atoms with Gasteiger partial charge < -0.3 is 9.87 Å². The summed E-state index contributed by atoms with van der Waals surface area (Å²) in [5.74, 6) is 0.152. The van der Waals surface area contributed by atoms with Gasteiger partial charge in [0.2, 0.25) is 0 Å². The monoisotopic (exact) mass is 155 g/mol. The first-order valence-electron chi connectivity index (χ1n) is 2.16. The van der Waals surface area contributed by atoms with Gasteiger partial charge in [0.05, 0.1) is 5.75 Å². The van der Waals surface area contributed by atoms with Crippen LogP contribution in [0.15, 0.2) is 0 Å². The maximum absolute atomic E-state index is 10.3. The van der Waals surface area contributed by atoms with Crippen molar-refractivity contribution >= 4 is 20.0 Å². The maximum Gasteiger partial charge on any atom is 0.142 e. The SMILES string of the molecule is CNCCS(=O)(O)=S. The third-order valence-corrected chi connectivity index (χ3v) is 1.83. The van der Waals surface area contributed by atoms with E-state index in [4.69, 9.17) is 4.55 Å². The van der Waals surface area contributed by atoms with Crippen molar-refractivity contribution in [2.45, 2.75) is 0 Å². The maximum atomic E-state index is 10.3. The molecule has 0 aromatic heterocycles. The van der Waals surface area contributed by atoms with Gasteiger partial charge in [-0.15, -0.1) is 0 Å². The summed E-state index contributed by atoms with van der Waals surface area (Å²) in [7, 11) is -1.21. The standard InChI is InChI=1S/C3H9NO2S2/c1-4-2-3-8(5,6)7/h4H,2-3H2,1H3,(H,5,6,7). The Morgan fingerprint density at radius 2 is 2.38 bits per heavy atom. The lowest BCUT2D eigenvalue weighted by atomic mass is 10.8. The van der Waals surface area contributed by atoms with Gasteiger partial charge in [-0.05, 0) is 7.05 Å². The fourth-order valence-corrected chi connectivity index (χ4v) is 0.943. The van der Waals surface area contributed by atoms with Crippen molar-refractivity contribution in [1.82, 2.24) is 5.32 Å². The highest BCUT2D eigenvalue weighted by Gasteiger charge is 1.95. The third-order valence-electron chi connectivity index (χ3n) is 0.610. The van der Waals surface area contributed by atoms with E-state index in [1.54, 1.807) is 7.05 Å². The van der Waals surface area contributed by atoms with Crippen LogP contribution in [-0.2, 0) is 20.0 Å². The molecule has 0 heterocycles. The van der Waals surface area contributed by atoms with Crippen molar-refractivity contribution in [1.29, 1.82) is 0 Å². The topological polar surface area (TPSA) is 49.3 Å². The van der Waals surface area contributed by atoms with Crippen molar-refractivity contribution in [2.75, 3.05) is 19.3 Å². The molecule has 3 nitrogen and oxygen atoms in total. The second-order valence-electron chi connectivity index (χ2n) is 1.39. The fourth-order valence-electron chi connectivity index (χ4n) is 0.231. The molecule has 0 spiro atoms. The van der Waals surface area contributed by atoms with Crippen LogP contribution in [0.1, 0.15) is 0 Å². The minimum Gasteiger partial charge on any atom is -0.319 e. The van der Waals surface area contributed by atoms with E-state index in [0.29, 0.717) is 6.54 Å². The van der Waals surface area contributed by atoms with E-state index in [1.807, 2.05) is 0 Å². The van der Waals surface area contributed by atoms with E-state index in [0.717, 1.165) is 0 Å². The molecule has 2 N–H and O–H groups in total. The Morgan fingerprint density at radius 1 is 1.88 bits per heavy atom. The van der Waals surface area contributed by atoms with Crippen molar-refractivity contribution in [3.05, 3.63) is 0 Å². The number of nitrogens with one attached hydrogen (secondary N) is 1. The fraction of sp³-hybridized carbons (Fsp3) is 1.00. The van der Waals surface area contributed by atoms with Gasteiger partial charge in [0, 0.05) is 17.7 Å². The van der Waals surface area contributed by atoms with Gasteiger partial charge in [0.15, 0.2) is 0 Å². The Kier molecular flexibility index (Phi) is 3.46. The van der Waals surface area contributed by atoms with Crippen LogP contribution < -0.4 is 5.32 Å². The summed E-state index contributed by atoms with van der Waals surface area (Å²) < 4.78 is 18.7. The van der Waals surface area contributed by atoms with Gasteiger partial charge in [0.1, 0.15) is 8.77 Å². The van der Waals surface area contributed by atoms with Gasteiger partial charge in [-0.25, -0.2) is 4.21 Å². The molecule has 1 atom stereocenters. The molecular formula is C3H9NO2S2. The number of hydrogen-bond donors (Lipinski definition) is 2. The summed E-state index contributed by atoms with van der Waals surface area (Å²) in [6.07, 6.45) is 0. The normalized spacial score (nSPS) is 17.8. The average Bonchev–Trinajstić information content (AvgIpc) is 1.59. The Bertz CT molecular complexity index is 139. The molecule has 50 valence electrons. The molecule has 1 unspecified atom stereocenters. The molecule has 0 aromatic rings. The van der Waals surface area contributed by atoms with E-state index in [2.05, 4.69) is 16.5 Å². The second-order valence-corrected chi connectivity index (χ2v) is 4.52. The van der Waals surface area contributed by atoms with Crippen LogP contribution in [0.2, 0.25) is 0 Å². The molecule has 0 rings (SSSR count). The molecule has 0 saturated carbocycles. The van der Waals surface area contributed by atoms with Crippen molar-refractivity contribution < 1.29 is 8.76 Å². The second kappa shape index (κ2) is 3.34.